The molecule has 0 saturated carbocycles. The number of nitrogens with zero attached hydrogens (tertiary/aromatic N) is 3. The van der Waals surface area contributed by atoms with Crippen molar-refractivity contribution in [3.8, 4) is 0 Å². The molecule has 2 aromatic rings. The van der Waals surface area contributed by atoms with Crippen molar-refractivity contribution in [2.45, 2.75) is 45.4 Å². The maximum Gasteiger partial charge on any atom is 0.255 e. The monoisotopic (exact) mass is 294 g/mol. The van der Waals surface area contributed by atoms with Gasteiger partial charge >= 0.3 is 0 Å². The van der Waals surface area contributed by atoms with E-state index >= 15 is 0 Å². The van der Waals surface area contributed by atoms with Gasteiger partial charge in [0.1, 0.15) is 6.10 Å². The normalized spacial score (nSPS) is 22.5. The predicted molar refractivity (Wildman–Crippen MR) is 74.4 cm³/mol. The van der Waals surface area contributed by atoms with Crippen molar-refractivity contribution in [3.05, 3.63) is 27.8 Å². The smallest absolute Gasteiger partial charge is 0.255 e. The molecule has 1 saturated heterocycles. The molecule has 1 N–H and O–H groups in total. The van der Waals surface area contributed by atoms with Crippen LogP contribution in [-0.2, 0) is 11.3 Å². The molecule has 2 aromatic heterocycles. The Labute approximate surface area is 121 Å². The summed E-state index contributed by atoms with van der Waals surface area (Å²) in [5, 5.41) is 10.4. The van der Waals surface area contributed by atoms with Gasteiger partial charge < -0.3 is 14.6 Å². The third-order valence-electron chi connectivity index (χ3n) is 3.27. The number of aryl methyl sites for hydroxylation is 2. The minimum absolute atomic E-state index is 0.0514. The van der Waals surface area contributed by atoms with Crippen molar-refractivity contribution in [1.29, 1.82) is 0 Å². The summed E-state index contributed by atoms with van der Waals surface area (Å²) in [5.74, 6) is 1.25. The number of ether oxygens (including phenoxy) is 1. The Kier molecular flexibility index (Phi) is 4.09. The summed E-state index contributed by atoms with van der Waals surface area (Å²) in [6, 6.07) is 0. The van der Waals surface area contributed by atoms with Crippen molar-refractivity contribution < 1.29 is 9.26 Å². The van der Waals surface area contributed by atoms with Gasteiger partial charge in [0.2, 0.25) is 0 Å². The molecule has 0 amide bonds. The zero-order chi connectivity index (χ0) is 13.9. The van der Waals surface area contributed by atoms with Crippen LogP contribution in [0.15, 0.2) is 9.90 Å². The average Bonchev–Trinajstić information content (AvgIpc) is 3.11. The number of rotatable bonds is 5. The Morgan fingerprint density at radius 3 is 2.95 bits per heavy atom. The second-order valence-electron chi connectivity index (χ2n) is 4.99. The first-order valence-corrected chi connectivity index (χ1v) is 7.66. The molecule has 0 spiro atoms. The van der Waals surface area contributed by atoms with Gasteiger partial charge in [-0.2, -0.15) is 4.98 Å². The molecule has 1 fully saturated rings. The van der Waals surface area contributed by atoms with Gasteiger partial charge in [-0.3, -0.25) is 0 Å². The highest BCUT2D eigenvalue weighted by molar-refractivity contribution is 7.09. The van der Waals surface area contributed by atoms with Crippen molar-refractivity contribution in [2.24, 2.45) is 0 Å². The first-order valence-electron chi connectivity index (χ1n) is 6.78. The first-order chi connectivity index (χ1) is 9.70. The van der Waals surface area contributed by atoms with Crippen LogP contribution in [0.4, 0.5) is 0 Å². The molecule has 3 rings (SSSR count). The minimum Gasteiger partial charge on any atom is -0.364 e. The van der Waals surface area contributed by atoms with Crippen LogP contribution in [0.2, 0.25) is 0 Å². The average molecular weight is 294 g/mol. The number of aromatic nitrogens is 3. The van der Waals surface area contributed by atoms with Crippen LogP contribution in [0.25, 0.3) is 0 Å². The lowest BCUT2D eigenvalue weighted by atomic mass is 10.2. The molecule has 2 atom stereocenters. The van der Waals surface area contributed by atoms with E-state index in [1.165, 1.54) is 0 Å². The summed E-state index contributed by atoms with van der Waals surface area (Å²) in [6.45, 7) is 5.44. The molecule has 7 heteroatoms. The van der Waals surface area contributed by atoms with E-state index in [9.17, 15) is 0 Å². The quantitative estimate of drug-likeness (QED) is 0.911. The minimum atomic E-state index is -0.0514. The van der Waals surface area contributed by atoms with E-state index in [0.29, 0.717) is 11.7 Å². The zero-order valence-electron chi connectivity index (χ0n) is 11.6. The fourth-order valence-electron chi connectivity index (χ4n) is 2.33. The third-order valence-corrected chi connectivity index (χ3v) is 4.09. The first kappa shape index (κ1) is 13.7. The molecule has 0 bridgehead atoms. The lowest BCUT2D eigenvalue weighted by molar-refractivity contribution is 0.0264. The van der Waals surface area contributed by atoms with Gasteiger partial charge in [-0.1, -0.05) is 5.16 Å². The van der Waals surface area contributed by atoms with E-state index in [0.717, 1.165) is 36.6 Å². The Balaban J connectivity index is 1.44. The van der Waals surface area contributed by atoms with Crippen molar-refractivity contribution in [3.63, 3.8) is 0 Å². The molecule has 108 valence electrons. The van der Waals surface area contributed by atoms with E-state index in [1.807, 2.05) is 13.8 Å². The van der Waals surface area contributed by atoms with E-state index in [2.05, 4.69) is 25.8 Å². The SMILES string of the molecule is Cc1noc([C@@H]2CC[C@H](CNCc3csc(C)n3)O2)n1. The molecular formula is C13H18N4O2S. The molecule has 1 aliphatic heterocycles. The Morgan fingerprint density at radius 1 is 1.35 bits per heavy atom. The highest BCUT2D eigenvalue weighted by Gasteiger charge is 2.30. The van der Waals surface area contributed by atoms with Crippen LogP contribution < -0.4 is 5.32 Å². The topological polar surface area (TPSA) is 73.1 Å². The maximum absolute atomic E-state index is 5.93. The fraction of sp³-hybridized carbons (Fsp3) is 0.615. The molecular weight excluding hydrogens is 276 g/mol. The van der Waals surface area contributed by atoms with E-state index in [-0.39, 0.29) is 12.2 Å². The van der Waals surface area contributed by atoms with Gasteiger partial charge in [0.05, 0.1) is 16.8 Å². The molecule has 0 aliphatic carbocycles. The van der Waals surface area contributed by atoms with Crippen molar-refractivity contribution >= 4 is 11.3 Å². The molecule has 0 aromatic carbocycles. The van der Waals surface area contributed by atoms with E-state index in [1.54, 1.807) is 11.3 Å². The molecule has 0 radical (unpaired) electrons. The van der Waals surface area contributed by atoms with Gasteiger partial charge in [-0.25, -0.2) is 4.98 Å². The highest BCUT2D eigenvalue weighted by atomic mass is 32.1. The van der Waals surface area contributed by atoms with Crippen LogP contribution in [0.5, 0.6) is 0 Å². The summed E-state index contributed by atoms with van der Waals surface area (Å²) in [7, 11) is 0. The summed E-state index contributed by atoms with van der Waals surface area (Å²) in [5.41, 5.74) is 1.09. The number of hydrogen-bond acceptors (Lipinski definition) is 7. The van der Waals surface area contributed by atoms with E-state index < -0.39 is 0 Å². The molecule has 0 unspecified atom stereocenters. The second kappa shape index (κ2) is 5.99. The van der Waals surface area contributed by atoms with Crippen LogP contribution in [0, 0.1) is 13.8 Å². The van der Waals surface area contributed by atoms with E-state index in [4.69, 9.17) is 9.26 Å². The standard InChI is InChI=1S/C13H18N4O2S/c1-8-15-13(19-17-8)12-4-3-11(18-12)6-14-5-10-7-20-9(2)16-10/h7,11-12,14H,3-6H2,1-2H3/t11-,12+/m1/s1. The predicted octanol–water partition coefficient (Wildman–Crippen LogP) is 2.15. The summed E-state index contributed by atoms with van der Waals surface area (Å²) in [6.07, 6.45) is 2.09. The van der Waals surface area contributed by atoms with Gasteiger partial charge in [-0.05, 0) is 26.7 Å². The number of nitrogens with one attached hydrogen (secondary N) is 1. The summed E-state index contributed by atoms with van der Waals surface area (Å²) < 4.78 is 11.1. The van der Waals surface area contributed by atoms with Gasteiger partial charge in [-0.15, -0.1) is 11.3 Å². The highest BCUT2D eigenvalue weighted by Crippen LogP contribution is 2.31. The number of thiazole rings is 1. The summed E-state index contributed by atoms with van der Waals surface area (Å²) >= 11 is 1.68. The largest absolute Gasteiger partial charge is 0.364 e. The third kappa shape index (κ3) is 3.23. The maximum atomic E-state index is 5.93. The second-order valence-corrected chi connectivity index (χ2v) is 6.05. The lowest BCUT2D eigenvalue weighted by Gasteiger charge is -2.11. The summed E-state index contributed by atoms with van der Waals surface area (Å²) in [4.78, 5) is 8.65. The molecule has 1 aliphatic rings. The Hall–Kier alpha value is -1.31. The lowest BCUT2D eigenvalue weighted by Crippen LogP contribution is -2.26. The van der Waals surface area contributed by atoms with Gasteiger partial charge in [0.15, 0.2) is 5.82 Å². The van der Waals surface area contributed by atoms with Crippen LogP contribution in [-0.4, -0.2) is 27.8 Å². The molecule has 6 nitrogen and oxygen atoms in total. The van der Waals surface area contributed by atoms with Crippen LogP contribution in [0.1, 0.15) is 41.4 Å². The number of hydrogen-bond donors (Lipinski definition) is 1. The fourth-order valence-corrected chi connectivity index (χ4v) is 2.94. The molecule has 20 heavy (non-hydrogen) atoms. The van der Waals surface area contributed by atoms with Crippen molar-refractivity contribution in [2.75, 3.05) is 6.54 Å². The Bertz CT molecular complexity index is 568. The molecule has 3 heterocycles. The van der Waals surface area contributed by atoms with Crippen molar-refractivity contribution in [1.82, 2.24) is 20.4 Å². The van der Waals surface area contributed by atoms with Gasteiger partial charge in [0, 0.05) is 18.5 Å². The van der Waals surface area contributed by atoms with Crippen LogP contribution in [0.3, 0.4) is 0 Å². The zero-order valence-corrected chi connectivity index (χ0v) is 12.4. The van der Waals surface area contributed by atoms with Gasteiger partial charge in [0.25, 0.3) is 5.89 Å². The van der Waals surface area contributed by atoms with Crippen LogP contribution >= 0.6 is 11.3 Å². The Morgan fingerprint density at radius 2 is 2.25 bits per heavy atom.